The van der Waals surface area contributed by atoms with Gasteiger partial charge < -0.3 is 20.5 Å². The highest BCUT2D eigenvalue weighted by molar-refractivity contribution is 9.10. The second-order valence-corrected chi connectivity index (χ2v) is 8.66. The maximum absolute atomic E-state index is 12.6. The van der Waals surface area contributed by atoms with Crippen LogP contribution in [0.25, 0.3) is 11.1 Å². The average Bonchev–Trinajstić information content (AvgIpc) is 3.15. The minimum absolute atomic E-state index is 0.0607. The van der Waals surface area contributed by atoms with Crippen molar-refractivity contribution < 1.29 is 24.2 Å². The van der Waals surface area contributed by atoms with Gasteiger partial charge in [-0.25, -0.2) is 4.79 Å². The van der Waals surface area contributed by atoms with Crippen LogP contribution in [-0.4, -0.2) is 40.7 Å². The normalized spacial score (nSPS) is 12.9. The average molecular weight is 524 g/mol. The highest BCUT2D eigenvalue weighted by atomic mass is 79.9. The lowest BCUT2D eigenvalue weighted by atomic mass is 9.98. The molecule has 0 saturated carbocycles. The van der Waals surface area contributed by atoms with Crippen molar-refractivity contribution in [1.29, 1.82) is 0 Å². The van der Waals surface area contributed by atoms with Gasteiger partial charge in [0.25, 0.3) is 0 Å². The van der Waals surface area contributed by atoms with E-state index in [0.717, 1.165) is 27.8 Å². The first-order valence-corrected chi connectivity index (χ1v) is 11.4. The number of aromatic nitrogens is 1. The lowest BCUT2D eigenvalue weighted by molar-refractivity contribution is -0.139. The highest BCUT2D eigenvalue weighted by Crippen LogP contribution is 2.44. The molecule has 1 unspecified atom stereocenters. The predicted molar refractivity (Wildman–Crippen MR) is 128 cm³/mol. The third kappa shape index (κ3) is 5.26. The van der Waals surface area contributed by atoms with Crippen LogP contribution in [0.5, 0.6) is 0 Å². The number of hydrogen-bond acceptors (Lipinski definition) is 5. The summed E-state index contributed by atoms with van der Waals surface area (Å²) in [6, 6.07) is 16.3. The minimum Gasteiger partial charge on any atom is -0.481 e. The second kappa shape index (κ2) is 10.5. The molecule has 1 aromatic heterocycles. The molecular formula is C25H22BrN3O5. The van der Waals surface area contributed by atoms with E-state index in [2.05, 4.69) is 31.5 Å². The number of carboxylic acids is 1. The number of hydrogen-bond donors (Lipinski definition) is 3. The van der Waals surface area contributed by atoms with E-state index in [0.29, 0.717) is 4.47 Å². The molecule has 0 fully saturated rings. The van der Waals surface area contributed by atoms with E-state index in [1.54, 1.807) is 18.5 Å². The Kier molecular flexibility index (Phi) is 7.22. The molecule has 3 aromatic rings. The summed E-state index contributed by atoms with van der Waals surface area (Å²) in [5, 5.41) is 14.2. The standard InChI is InChI=1S/C25H22BrN3O5/c26-21-13-27-10-9-15(21)12-28-24(32)22(11-23(30)31)29-25(33)34-14-20-18-7-3-1-5-16(18)17-6-2-4-8-19(17)20/h1-10,13,20,22H,11-12,14H2,(H,28,32)(H,29,33)(H,30,31). The second-order valence-electron chi connectivity index (χ2n) is 7.81. The Balaban J connectivity index is 1.39. The zero-order chi connectivity index (χ0) is 24.1. The molecule has 174 valence electrons. The van der Waals surface area contributed by atoms with Gasteiger partial charge in [-0.1, -0.05) is 48.5 Å². The van der Waals surface area contributed by atoms with Gasteiger partial charge in [-0.3, -0.25) is 14.6 Å². The van der Waals surface area contributed by atoms with Crippen molar-refractivity contribution in [3.05, 3.63) is 88.2 Å². The molecule has 34 heavy (non-hydrogen) atoms. The van der Waals surface area contributed by atoms with Crippen molar-refractivity contribution >= 4 is 33.9 Å². The Labute approximate surface area is 204 Å². The third-order valence-electron chi connectivity index (χ3n) is 5.64. The summed E-state index contributed by atoms with van der Waals surface area (Å²) >= 11 is 3.34. The van der Waals surface area contributed by atoms with Gasteiger partial charge >= 0.3 is 12.1 Å². The molecule has 2 aromatic carbocycles. The Morgan fingerprint density at radius 3 is 2.29 bits per heavy atom. The SMILES string of the molecule is O=C(O)CC(NC(=O)OCC1c2ccccc2-c2ccccc21)C(=O)NCc1ccncc1Br. The van der Waals surface area contributed by atoms with Gasteiger partial charge in [-0.15, -0.1) is 0 Å². The highest BCUT2D eigenvalue weighted by Gasteiger charge is 2.30. The monoisotopic (exact) mass is 523 g/mol. The van der Waals surface area contributed by atoms with E-state index in [-0.39, 0.29) is 19.1 Å². The van der Waals surface area contributed by atoms with Gasteiger partial charge in [-0.2, -0.15) is 0 Å². The van der Waals surface area contributed by atoms with Gasteiger partial charge in [0.05, 0.1) is 6.42 Å². The van der Waals surface area contributed by atoms with Gasteiger partial charge in [0, 0.05) is 29.3 Å². The van der Waals surface area contributed by atoms with Crippen molar-refractivity contribution in [3.8, 4) is 11.1 Å². The van der Waals surface area contributed by atoms with Crippen LogP contribution in [0.15, 0.2) is 71.5 Å². The zero-order valence-corrected chi connectivity index (χ0v) is 19.6. The Morgan fingerprint density at radius 1 is 1.03 bits per heavy atom. The van der Waals surface area contributed by atoms with E-state index in [9.17, 15) is 19.5 Å². The molecule has 8 nitrogen and oxygen atoms in total. The summed E-state index contributed by atoms with van der Waals surface area (Å²) in [6.07, 6.45) is 1.74. The van der Waals surface area contributed by atoms with Crippen LogP contribution >= 0.6 is 15.9 Å². The number of pyridine rings is 1. The fraction of sp³-hybridized carbons (Fsp3) is 0.200. The van der Waals surface area contributed by atoms with Crippen LogP contribution in [0.3, 0.4) is 0 Å². The van der Waals surface area contributed by atoms with Gasteiger partial charge in [0.1, 0.15) is 12.6 Å². The van der Waals surface area contributed by atoms with Crippen molar-refractivity contribution in [1.82, 2.24) is 15.6 Å². The summed E-state index contributed by atoms with van der Waals surface area (Å²) in [7, 11) is 0. The molecule has 9 heteroatoms. The maximum atomic E-state index is 12.6. The molecule has 0 radical (unpaired) electrons. The first kappa shape index (κ1) is 23.4. The van der Waals surface area contributed by atoms with Crippen LogP contribution < -0.4 is 10.6 Å². The molecule has 0 aliphatic heterocycles. The number of rotatable bonds is 8. The van der Waals surface area contributed by atoms with Crippen LogP contribution in [-0.2, 0) is 20.9 Å². The number of ether oxygens (including phenoxy) is 1. The number of carboxylic acid groups (broad SMARTS) is 1. The van der Waals surface area contributed by atoms with E-state index in [1.807, 2.05) is 48.5 Å². The fourth-order valence-electron chi connectivity index (χ4n) is 4.02. The molecule has 0 saturated heterocycles. The first-order valence-electron chi connectivity index (χ1n) is 10.6. The lowest BCUT2D eigenvalue weighted by Crippen LogP contribution is -2.48. The number of fused-ring (bicyclic) bond motifs is 3. The van der Waals surface area contributed by atoms with Crippen molar-refractivity contribution in [2.45, 2.75) is 24.9 Å². The van der Waals surface area contributed by atoms with Crippen LogP contribution in [0, 0.1) is 0 Å². The number of nitrogens with zero attached hydrogens (tertiary/aromatic N) is 1. The lowest BCUT2D eigenvalue weighted by Gasteiger charge is -2.19. The molecule has 1 atom stereocenters. The molecule has 0 bridgehead atoms. The molecule has 0 spiro atoms. The van der Waals surface area contributed by atoms with E-state index in [4.69, 9.17) is 4.74 Å². The van der Waals surface area contributed by atoms with Gasteiger partial charge in [0.2, 0.25) is 5.91 Å². The number of benzene rings is 2. The van der Waals surface area contributed by atoms with Gasteiger partial charge in [0.15, 0.2) is 0 Å². The Morgan fingerprint density at radius 2 is 1.68 bits per heavy atom. The summed E-state index contributed by atoms with van der Waals surface area (Å²) in [5.74, 6) is -1.99. The topological polar surface area (TPSA) is 118 Å². The molecule has 3 N–H and O–H groups in total. The van der Waals surface area contributed by atoms with E-state index >= 15 is 0 Å². The summed E-state index contributed by atoms with van der Waals surface area (Å²) in [5.41, 5.74) is 5.06. The largest absolute Gasteiger partial charge is 0.481 e. The number of carbonyl (C=O) groups is 3. The zero-order valence-electron chi connectivity index (χ0n) is 18.0. The van der Waals surface area contributed by atoms with Crippen molar-refractivity contribution in [2.75, 3.05) is 6.61 Å². The maximum Gasteiger partial charge on any atom is 0.407 e. The minimum atomic E-state index is -1.28. The molecule has 4 rings (SSSR count). The Hall–Kier alpha value is -3.72. The van der Waals surface area contributed by atoms with Crippen LogP contribution in [0.4, 0.5) is 4.79 Å². The number of alkyl carbamates (subject to hydrolysis) is 1. The third-order valence-corrected chi connectivity index (χ3v) is 6.35. The number of halogens is 1. The molecule has 1 aliphatic rings. The number of aliphatic carboxylic acids is 1. The Bertz CT molecular complexity index is 1190. The smallest absolute Gasteiger partial charge is 0.407 e. The predicted octanol–water partition coefficient (Wildman–Crippen LogP) is 3.84. The molecule has 1 heterocycles. The molecule has 2 amide bonds. The number of amides is 2. The van der Waals surface area contributed by atoms with Gasteiger partial charge in [-0.05, 0) is 49.8 Å². The van der Waals surface area contributed by atoms with Crippen LogP contribution in [0.2, 0.25) is 0 Å². The number of carbonyl (C=O) groups excluding carboxylic acids is 2. The van der Waals surface area contributed by atoms with Crippen molar-refractivity contribution in [3.63, 3.8) is 0 Å². The van der Waals surface area contributed by atoms with Crippen molar-refractivity contribution in [2.24, 2.45) is 0 Å². The fourth-order valence-corrected chi connectivity index (χ4v) is 4.41. The van der Waals surface area contributed by atoms with E-state index in [1.165, 1.54) is 0 Å². The molecular weight excluding hydrogens is 502 g/mol. The first-order chi connectivity index (χ1) is 16.4. The van der Waals surface area contributed by atoms with Crippen LogP contribution in [0.1, 0.15) is 29.0 Å². The summed E-state index contributed by atoms with van der Waals surface area (Å²) in [6.45, 7) is 0.204. The summed E-state index contributed by atoms with van der Waals surface area (Å²) < 4.78 is 6.15. The summed E-state index contributed by atoms with van der Waals surface area (Å²) in [4.78, 5) is 40.4. The number of nitrogens with one attached hydrogen (secondary N) is 2. The quantitative estimate of drug-likeness (QED) is 0.412. The van der Waals surface area contributed by atoms with E-state index < -0.39 is 30.4 Å². The molecule has 1 aliphatic carbocycles.